The second-order valence-corrected chi connectivity index (χ2v) is 5.69. The molecule has 2 aromatic rings. The second kappa shape index (κ2) is 7.68. The van der Waals surface area contributed by atoms with Crippen molar-refractivity contribution in [2.24, 2.45) is 0 Å². The Labute approximate surface area is 128 Å². The minimum Gasteiger partial charge on any atom is -0.369 e. The van der Waals surface area contributed by atoms with Crippen LogP contribution in [-0.4, -0.2) is 27.6 Å². The van der Waals surface area contributed by atoms with Crippen LogP contribution in [0.25, 0.3) is 0 Å². The van der Waals surface area contributed by atoms with Crippen LogP contribution in [0.15, 0.2) is 18.3 Å². The Bertz CT molecular complexity index is 581. The average molecular weight is 305 g/mol. The zero-order valence-corrected chi connectivity index (χ0v) is 13.0. The molecule has 112 valence electrons. The number of anilines is 1. The molecule has 0 unspecified atom stereocenters. The number of thiazole rings is 1. The Morgan fingerprint density at radius 2 is 2.14 bits per heavy atom. The fraction of sp³-hybridized carbons (Fsp3) is 0.429. The summed E-state index contributed by atoms with van der Waals surface area (Å²) in [5, 5.41) is 14.7. The SMILES string of the molecule is CCCNc1ccc(C(=O)NCc2ncc(CC)s2)nn1. The molecule has 0 bridgehead atoms. The summed E-state index contributed by atoms with van der Waals surface area (Å²) in [6, 6.07) is 3.43. The largest absolute Gasteiger partial charge is 0.369 e. The molecule has 2 aromatic heterocycles. The van der Waals surface area contributed by atoms with E-state index in [0.717, 1.165) is 24.4 Å². The highest BCUT2D eigenvalue weighted by Crippen LogP contribution is 2.13. The first-order chi connectivity index (χ1) is 10.2. The van der Waals surface area contributed by atoms with Gasteiger partial charge in [0, 0.05) is 17.6 Å². The van der Waals surface area contributed by atoms with Gasteiger partial charge in [0.1, 0.15) is 10.8 Å². The van der Waals surface area contributed by atoms with Crippen molar-refractivity contribution in [3.8, 4) is 0 Å². The highest BCUT2D eigenvalue weighted by atomic mass is 32.1. The van der Waals surface area contributed by atoms with E-state index in [1.165, 1.54) is 4.88 Å². The summed E-state index contributed by atoms with van der Waals surface area (Å²) >= 11 is 1.61. The molecule has 0 radical (unpaired) electrons. The topological polar surface area (TPSA) is 79.8 Å². The van der Waals surface area contributed by atoms with E-state index in [4.69, 9.17) is 0 Å². The molecule has 2 N–H and O–H groups in total. The summed E-state index contributed by atoms with van der Waals surface area (Å²) in [4.78, 5) is 17.4. The minimum atomic E-state index is -0.238. The van der Waals surface area contributed by atoms with Gasteiger partial charge in [-0.15, -0.1) is 21.5 Å². The molecule has 21 heavy (non-hydrogen) atoms. The Balaban J connectivity index is 1.87. The molecule has 0 aliphatic heterocycles. The molecule has 0 aromatic carbocycles. The summed E-state index contributed by atoms with van der Waals surface area (Å²) < 4.78 is 0. The Morgan fingerprint density at radius 1 is 1.29 bits per heavy atom. The molecule has 0 saturated carbocycles. The van der Waals surface area contributed by atoms with Crippen LogP contribution in [0.2, 0.25) is 0 Å². The van der Waals surface area contributed by atoms with Crippen molar-refractivity contribution in [3.05, 3.63) is 33.9 Å². The molecule has 0 aliphatic carbocycles. The van der Waals surface area contributed by atoms with Gasteiger partial charge in [-0.05, 0) is 25.0 Å². The van der Waals surface area contributed by atoms with Crippen molar-refractivity contribution < 1.29 is 4.79 Å². The van der Waals surface area contributed by atoms with Crippen molar-refractivity contribution in [2.75, 3.05) is 11.9 Å². The van der Waals surface area contributed by atoms with Gasteiger partial charge in [0.15, 0.2) is 5.69 Å². The van der Waals surface area contributed by atoms with Crippen molar-refractivity contribution in [2.45, 2.75) is 33.2 Å². The molecule has 0 spiro atoms. The van der Waals surface area contributed by atoms with E-state index in [1.54, 1.807) is 23.5 Å². The standard InChI is InChI=1S/C14H19N5OS/c1-3-7-15-12-6-5-11(18-19-12)14(20)17-9-13-16-8-10(4-2)21-13/h5-6,8H,3-4,7,9H2,1-2H3,(H,15,19)(H,17,20). The van der Waals surface area contributed by atoms with E-state index in [-0.39, 0.29) is 5.91 Å². The molecule has 0 fully saturated rings. The lowest BCUT2D eigenvalue weighted by Gasteiger charge is -2.04. The van der Waals surface area contributed by atoms with Crippen LogP contribution in [0.1, 0.15) is 40.6 Å². The number of hydrogen-bond acceptors (Lipinski definition) is 6. The Kier molecular flexibility index (Phi) is 5.62. The number of aromatic nitrogens is 3. The summed E-state index contributed by atoms with van der Waals surface area (Å²) in [6.45, 7) is 5.41. The maximum atomic E-state index is 12.0. The maximum absolute atomic E-state index is 12.0. The number of hydrogen-bond donors (Lipinski definition) is 2. The molecule has 1 amide bonds. The fourth-order valence-corrected chi connectivity index (χ4v) is 2.44. The van der Waals surface area contributed by atoms with Crippen LogP contribution >= 0.6 is 11.3 Å². The quantitative estimate of drug-likeness (QED) is 0.820. The highest BCUT2D eigenvalue weighted by molar-refractivity contribution is 7.11. The molecule has 0 saturated heterocycles. The third kappa shape index (κ3) is 4.49. The molecule has 6 nitrogen and oxygen atoms in total. The predicted molar refractivity (Wildman–Crippen MR) is 83.5 cm³/mol. The molecular formula is C14H19N5OS. The molecule has 2 rings (SSSR count). The summed E-state index contributed by atoms with van der Waals surface area (Å²) in [7, 11) is 0. The first-order valence-corrected chi connectivity index (χ1v) is 7.84. The van der Waals surface area contributed by atoms with Gasteiger partial charge in [0.05, 0.1) is 6.54 Å². The molecule has 7 heteroatoms. The Hall–Kier alpha value is -2.02. The van der Waals surface area contributed by atoms with Crippen molar-refractivity contribution in [1.82, 2.24) is 20.5 Å². The molecule has 2 heterocycles. The van der Waals surface area contributed by atoms with Crippen LogP contribution in [-0.2, 0) is 13.0 Å². The third-order valence-electron chi connectivity index (χ3n) is 2.80. The number of carbonyl (C=O) groups excluding carboxylic acids is 1. The maximum Gasteiger partial charge on any atom is 0.272 e. The lowest BCUT2D eigenvalue weighted by atomic mass is 10.3. The summed E-state index contributed by atoms with van der Waals surface area (Å²) in [5.74, 6) is 0.443. The van der Waals surface area contributed by atoms with E-state index >= 15 is 0 Å². The number of amides is 1. The van der Waals surface area contributed by atoms with Crippen molar-refractivity contribution in [3.63, 3.8) is 0 Å². The van der Waals surface area contributed by atoms with E-state index in [1.807, 2.05) is 6.20 Å². The molecule has 0 atom stereocenters. The monoisotopic (exact) mass is 305 g/mol. The van der Waals surface area contributed by atoms with Gasteiger partial charge in [-0.3, -0.25) is 4.79 Å². The predicted octanol–water partition coefficient (Wildman–Crippen LogP) is 2.25. The normalized spacial score (nSPS) is 10.4. The van der Waals surface area contributed by atoms with Crippen molar-refractivity contribution >= 4 is 23.1 Å². The Morgan fingerprint density at radius 3 is 2.76 bits per heavy atom. The lowest BCUT2D eigenvalue weighted by molar-refractivity contribution is 0.0945. The van der Waals surface area contributed by atoms with E-state index in [0.29, 0.717) is 18.1 Å². The zero-order valence-electron chi connectivity index (χ0n) is 12.2. The van der Waals surface area contributed by atoms with Gasteiger partial charge in [-0.25, -0.2) is 4.98 Å². The van der Waals surface area contributed by atoms with Gasteiger partial charge < -0.3 is 10.6 Å². The zero-order chi connectivity index (χ0) is 15.1. The number of carbonyl (C=O) groups is 1. The first kappa shape index (κ1) is 15.4. The fourth-order valence-electron chi connectivity index (χ4n) is 1.64. The minimum absolute atomic E-state index is 0.238. The van der Waals surface area contributed by atoms with Crippen LogP contribution in [0.5, 0.6) is 0 Å². The molecule has 0 aliphatic rings. The summed E-state index contributed by atoms with van der Waals surface area (Å²) in [6.07, 6.45) is 3.82. The number of aryl methyl sites for hydroxylation is 1. The third-order valence-corrected chi connectivity index (χ3v) is 3.95. The summed E-state index contributed by atoms with van der Waals surface area (Å²) in [5.41, 5.74) is 0.310. The van der Waals surface area contributed by atoms with Gasteiger partial charge >= 0.3 is 0 Å². The second-order valence-electron chi connectivity index (χ2n) is 4.49. The van der Waals surface area contributed by atoms with E-state index in [9.17, 15) is 4.79 Å². The van der Waals surface area contributed by atoms with Gasteiger partial charge in [0.2, 0.25) is 0 Å². The lowest BCUT2D eigenvalue weighted by Crippen LogP contribution is -2.24. The van der Waals surface area contributed by atoms with E-state index < -0.39 is 0 Å². The van der Waals surface area contributed by atoms with Crippen LogP contribution in [0.4, 0.5) is 5.82 Å². The van der Waals surface area contributed by atoms with Gasteiger partial charge in [0.25, 0.3) is 5.91 Å². The van der Waals surface area contributed by atoms with Crippen LogP contribution in [0, 0.1) is 0 Å². The number of nitrogens with one attached hydrogen (secondary N) is 2. The first-order valence-electron chi connectivity index (χ1n) is 7.02. The smallest absolute Gasteiger partial charge is 0.272 e. The molecular weight excluding hydrogens is 286 g/mol. The van der Waals surface area contributed by atoms with Crippen LogP contribution in [0.3, 0.4) is 0 Å². The highest BCUT2D eigenvalue weighted by Gasteiger charge is 2.09. The number of nitrogens with zero attached hydrogens (tertiary/aromatic N) is 3. The van der Waals surface area contributed by atoms with Gasteiger partial charge in [-0.2, -0.15) is 0 Å². The van der Waals surface area contributed by atoms with E-state index in [2.05, 4.69) is 39.7 Å². The van der Waals surface area contributed by atoms with Crippen molar-refractivity contribution in [1.29, 1.82) is 0 Å². The van der Waals surface area contributed by atoms with Gasteiger partial charge in [-0.1, -0.05) is 13.8 Å². The van der Waals surface area contributed by atoms with Crippen LogP contribution < -0.4 is 10.6 Å². The average Bonchev–Trinajstić information content (AvgIpc) is 2.99. The number of rotatable bonds is 7.